The van der Waals surface area contributed by atoms with Crippen LogP contribution in [0.3, 0.4) is 0 Å². The molecule has 1 amide bonds. The smallest absolute Gasteiger partial charge is 0.223 e. The van der Waals surface area contributed by atoms with Crippen LogP contribution < -0.4 is 5.32 Å². The zero-order chi connectivity index (χ0) is 12.8. The third-order valence-electron chi connectivity index (χ3n) is 4.61. The molecule has 3 nitrogen and oxygen atoms in total. The number of carbonyl (C=O) groups is 1. The van der Waals surface area contributed by atoms with E-state index in [1.165, 1.54) is 51.4 Å². The third-order valence-corrected chi connectivity index (χ3v) is 4.61. The zero-order valence-corrected chi connectivity index (χ0v) is 13.0. The van der Waals surface area contributed by atoms with Gasteiger partial charge >= 0.3 is 0 Å². The van der Waals surface area contributed by atoms with Gasteiger partial charge in [0.1, 0.15) is 0 Å². The monoisotopic (exact) mass is 288 g/mol. The van der Waals surface area contributed by atoms with E-state index in [9.17, 15) is 4.79 Å². The molecule has 0 aromatic carbocycles. The Balaban J connectivity index is 0.00000180. The molecule has 0 bridgehead atoms. The number of hydrogen-bond acceptors (Lipinski definition) is 2. The second-order valence-electron chi connectivity index (χ2n) is 6.11. The van der Waals surface area contributed by atoms with Gasteiger partial charge in [-0.3, -0.25) is 4.79 Å². The number of carbonyl (C=O) groups excluding carboxylic acids is 1. The topological polar surface area (TPSA) is 32.3 Å². The summed E-state index contributed by atoms with van der Waals surface area (Å²) in [5.74, 6) is 1.20. The lowest BCUT2D eigenvalue weighted by Crippen LogP contribution is -2.34. The van der Waals surface area contributed by atoms with E-state index in [-0.39, 0.29) is 12.4 Å². The molecule has 1 saturated heterocycles. The second kappa shape index (κ2) is 8.80. The summed E-state index contributed by atoms with van der Waals surface area (Å²) >= 11 is 0. The van der Waals surface area contributed by atoms with E-state index in [0.29, 0.717) is 18.4 Å². The van der Waals surface area contributed by atoms with Crippen molar-refractivity contribution in [3.8, 4) is 0 Å². The van der Waals surface area contributed by atoms with E-state index < -0.39 is 0 Å². The SMILES string of the molecule is CN(CCC1CCCCC1)C(=O)CC1CCCN1.Cl. The summed E-state index contributed by atoms with van der Waals surface area (Å²) in [5, 5.41) is 3.40. The Bertz CT molecular complexity index is 261. The molecule has 0 aromatic heterocycles. The van der Waals surface area contributed by atoms with Crippen LogP contribution in [0, 0.1) is 5.92 Å². The minimum Gasteiger partial charge on any atom is -0.346 e. The Morgan fingerprint density at radius 1 is 1.16 bits per heavy atom. The van der Waals surface area contributed by atoms with Gasteiger partial charge < -0.3 is 10.2 Å². The fourth-order valence-electron chi connectivity index (χ4n) is 3.27. The number of amides is 1. The summed E-state index contributed by atoms with van der Waals surface area (Å²) in [6.07, 6.45) is 11.3. The molecule has 2 aliphatic rings. The molecular formula is C15H29ClN2O. The van der Waals surface area contributed by atoms with E-state index in [2.05, 4.69) is 5.32 Å². The first-order valence-corrected chi connectivity index (χ1v) is 7.73. The maximum Gasteiger partial charge on any atom is 0.223 e. The number of hydrogen-bond donors (Lipinski definition) is 1. The quantitative estimate of drug-likeness (QED) is 0.843. The Kier molecular flexibility index (Phi) is 7.77. The lowest BCUT2D eigenvalue weighted by molar-refractivity contribution is -0.130. The third kappa shape index (κ3) is 5.70. The molecule has 1 aliphatic heterocycles. The highest BCUT2D eigenvalue weighted by Crippen LogP contribution is 2.26. The van der Waals surface area contributed by atoms with Crippen molar-refractivity contribution in [1.29, 1.82) is 0 Å². The molecule has 112 valence electrons. The van der Waals surface area contributed by atoms with Crippen LogP contribution in [0.2, 0.25) is 0 Å². The van der Waals surface area contributed by atoms with Gasteiger partial charge in [-0.2, -0.15) is 0 Å². The highest BCUT2D eigenvalue weighted by atomic mass is 35.5. The first-order valence-electron chi connectivity index (χ1n) is 7.73. The Morgan fingerprint density at radius 3 is 2.53 bits per heavy atom. The molecule has 2 rings (SSSR count). The van der Waals surface area contributed by atoms with Gasteiger partial charge in [-0.1, -0.05) is 32.1 Å². The standard InChI is InChI=1S/C15H28N2O.ClH/c1-17(11-9-13-6-3-2-4-7-13)15(18)12-14-8-5-10-16-14;/h13-14,16H,2-12H2,1H3;1H. The highest BCUT2D eigenvalue weighted by molar-refractivity contribution is 5.85. The number of rotatable bonds is 5. The fourth-order valence-corrected chi connectivity index (χ4v) is 3.27. The molecule has 2 fully saturated rings. The predicted molar refractivity (Wildman–Crippen MR) is 81.7 cm³/mol. The summed E-state index contributed by atoms with van der Waals surface area (Å²) in [7, 11) is 1.97. The van der Waals surface area contributed by atoms with Crippen LogP contribution >= 0.6 is 12.4 Å². The molecular weight excluding hydrogens is 260 g/mol. The Hall–Kier alpha value is -0.280. The van der Waals surface area contributed by atoms with Crippen LogP contribution in [0.1, 0.15) is 57.8 Å². The molecule has 1 heterocycles. The van der Waals surface area contributed by atoms with Gasteiger partial charge in [-0.15, -0.1) is 12.4 Å². The lowest BCUT2D eigenvalue weighted by atomic mass is 9.87. The minimum absolute atomic E-state index is 0. The van der Waals surface area contributed by atoms with Crippen LogP contribution in [-0.2, 0) is 4.79 Å². The van der Waals surface area contributed by atoms with Gasteiger partial charge in [-0.05, 0) is 31.7 Å². The van der Waals surface area contributed by atoms with Gasteiger partial charge in [0.05, 0.1) is 0 Å². The minimum atomic E-state index is 0. The van der Waals surface area contributed by atoms with Crippen molar-refractivity contribution in [3.63, 3.8) is 0 Å². The molecule has 1 saturated carbocycles. The van der Waals surface area contributed by atoms with Crippen LogP contribution in [-0.4, -0.2) is 37.0 Å². The maximum atomic E-state index is 12.1. The molecule has 0 spiro atoms. The maximum absolute atomic E-state index is 12.1. The normalized spacial score (nSPS) is 23.9. The van der Waals surface area contributed by atoms with Crippen molar-refractivity contribution < 1.29 is 4.79 Å². The molecule has 0 radical (unpaired) electrons. The number of nitrogens with one attached hydrogen (secondary N) is 1. The summed E-state index contributed by atoms with van der Waals surface area (Å²) in [6, 6.07) is 0.439. The molecule has 0 aromatic rings. The van der Waals surface area contributed by atoms with E-state index in [1.807, 2.05) is 11.9 Å². The van der Waals surface area contributed by atoms with E-state index in [4.69, 9.17) is 0 Å². The largest absolute Gasteiger partial charge is 0.346 e. The lowest BCUT2D eigenvalue weighted by Gasteiger charge is -2.25. The average molecular weight is 289 g/mol. The van der Waals surface area contributed by atoms with E-state index in [1.54, 1.807) is 0 Å². The van der Waals surface area contributed by atoms with Crippen molar-refractivity contribution in [3.05, 3.63) is 0 Å². The molecule has 1 unspecified atom stereocenters. The fraction of sp³-hybridized carbons (Fsp3) is 0.933. The van der Waals surface area contributed by atoms with Gasteiger partial charge in [-0.25, -0.2) is 0 Å². The van der Waals surface area contributed by atoms with E-state index in [0.717, 1.165) is 19.0 Å². The highest BCUT2D eigenvalue weighted by Gasteiger charge is 2.20. The van der Waals surface area contributed by atoms with Crippen molar-refractivity contribution in [2.45, 2.75) is 63.8 Å². The van der Waals surface area contributed by atoms with Crippen LogP contribution in [0.15, 0.2) is 0 Å². The van der Waals surface area contributed by atoms with Gasteiger partial charge in [0.15, 0.2) is 0 Å². The summed E-state index contributed by atoms with van der Waals surface area (Å²) in [5.41, 5.74) is 0. The Morgan fingerprint density at radius 2 is 1.89 bits per heavy atom. The van der Waals surface area contributed by atoms with Crippen molar-refractivity contribution in [2.24, 2.45) is 5.92 Å². The molecule has 1 aliphatic carbocycles. The van der Waals surface area contributed by atoms with Crippen LogP contribution in [0.4, 0.5) is 0 Å². The average Bonchev–Trinajstić information content (AvgIpc) is 2.90. The number of nitrogens with zero attached hydrogens (tertiary/aromatic N) is 1. The second-order valence-corrected chi connectivity index (χ2v) is 6.11. The first-order chi connectivity index (χ1) is 8.75. The van der Waals surface area contributed by atoms with Gasteiger partial charge in [0, 0.05) is 26.1 Å². The summed E-state index contributed by atoms with van der Waals surface area (Å²) in [6.45, 7) is 2.04. The molecule has 1 atom stereocenters. The van der Waals surface area contributed by atoms with Crippen molar-refractivity contribution >= 4 is 18.3 Å². The van der Waals surface area contributed by atoms with Crippen molar-refractivity contribution in [2.75, 3.05) is 20.1 Å². The van der Waals surface area contributed by atoms with Gasteiger partial charge in [0.25, 0.3) is 0 Å². The van der Waals surface area contributed by atoms with Crippen LogP contribution in [0.25, 0.3) is 0 Å². The molecule has 19 heavy (non-hydrogen) atoms. The van der Waals surface area contributed by atoms with E-state index >= 15 is 0 Å². The Labute approximate surface area is 123 Å². The summed E-state index contributed by atoms with van der Waals surface area (Å²) < 4.78 is 0. The van der Waals surface area contributed by atoms with Crippen LogP contribution in [0.5, 0.6) is 0 Å². The predicted octanol–water partition coefficient (Wildman–Crippen LogP) is 2.98. The van der Waals surface area contributed by atoms with Crippen molar-refractivity contribution in [1.82, 2.24) is 10.2 Å². The zero-order valence-electron chi connectivity index (χ0n) is 12.2. The first kappa shape index (κ1) is 16.8. The molecule has 4 heteroatoms. The molecule has 1 N–H and O–H groups in total. The number of halogens is 1. The van der Waals surface area contributed by atoms with Gasteiger partial charge in [0.2, 0.25) is 5.91 Å². The summed E-state index contributed by atoms with van der Waals surface area (Å²) in [4.78, 5) is 14.0.